The number of hydrogen-bond donors (Lipinski definition) is 1. The van der Waals surface area contributed by atoms with Crippen LogP contribution in [-0.4, -0.2) is 6.54 Å². The van der Waals surface area contributed by atoms with E-state index in [1.165, 1.54) is 5.56 Å². The van der Waals surface area contributed by atoms with Crippen molar-refractivity contribution in [3.8, 4) is 11.5 Å². The molecule has 0 aliphatic heterocycles. The quantitative estimate of drug-likeness (QED) is 0.774. The summed E-state index contributed by atoms with van der Waals surface area (Å²) < 4.78 is 7.06. The number of hydrogen-bond acceptors (Lipinski definition) is 2. The van der Waals surface area contributed by atoms with Gasteiger partial charge in [0.05, 0.1) is 0 Å². The van der Waals surface area contributed by atoms with E-state index in [-0.39, 0.29) is 6.04 Å². The average Bonchev–Trinajstić information content (AvgIpc) is 2.48. The van der Waals surface area contributed by atoms with Crippen molar-refractivity contribution < 1.29 is 4.74 Å². The van der Waals surface area contributed by atoms with Crippen LogP contribution < -0.4 is 10.1 Å². The molecule has 0 spiro atoms. The first-order valence-electron chi connectivity index (χ1n) is 6.96. The smallest absolute Gasteiger partial charge is 0.132 e. The highest BCUT2D eigenvalue weighted by Crippen LogP contribution is 2.30. The zero-order valence-corrected chi connectivity index (χ0v) is 13.5. The minimum absolute atomic E-state index is 0.279. The zero-order valence-electron chi connectivity index (χ0n) is 11.9. The summed E-state index contributed by atoms with van der Waals surface area (Å²) in [5.74, 6) is 1.76. The van der Waals surface area contributed by atoms with Gasteiger partial charge in [-0.15, -0.1) is 0 Å². The molecule has 2 aromatic carbocycles. The molecule has 0 aromatic heterocycles. The third kappa shape index (κ3) is 4.09. The van der Waals surface area contributed by atoms with Crippen LogP contribution in [0.5, 0.6) is 11.5 Å². The first-order valence-corrected chi connectivity index (χ1v) is 7.75. The number of rotatable bonds is 6. The average molecular weight is 334 g/mol. The predicted molar refractivity (Wildman–Crippen MR) is 87.4 cm³/mol. The monoisotopic (exact) mass is 333 g/mol. The van der Waals surface area contributed by atoms with Crippen molar-refractivity contribution in [3.05, 3.63) is 58.6 Å². The maximum Gasteiger partial charge on any atom is 0.132 e. The number of benzene rings is 2. The van der Waals surface area contributed by atoms with Crippen LogP contribution >= 0.6 is 15.9 Å². The molecule has 1 atom stereocenters. The Morgan fingerprint density at radius 1 is 1.10 bits per heavy atom. The van der Waals surface area contributed by atoms with Gasteiger partial charge in [0.15, 0.2) is 0 Å². The Balaban J connectivity index is 2.17. The predicted octanol–water partition coefficient (Wildman–Crippen LogP) is 5.30. The van der Waals surface area contributed by atoms with E-state index in [1.807, 2.05) is 42.5 Å². The van der Waals surface area contributed by atoms with E-state index in [1.54, 1.807) is 0 Å². The second-order valence-electron chi connectivity index (χ2n) is 4.77. The summed E-state index contributed by atoms with van der Waals surface area (Å²) in [6.07, 6.45) is 1.13. The van der Waals surface area contributed by atoms with E-state index >= 15 is 0 Å². The fraction of sp³-hybridized carbons (Fsp3) is 0.294. The molecule has 0 heterocycles. The van der Waals surface area contributed by atoms with E-state index < -0.39 is 0 Å². The first-order chi connectivity index (χ1) is 9.70. The summed E-state index contributed by atoms with van der Waals surface area (Å²) in [6, 6.07) is 16.4. The van der Waals surface area contributed by atoms with Crippen molar-refractivity contribution in [2.45, 2.75) is 26.3 Å². The van der Waals surface area contributed by atoms with Crippen molar-refractivity contribution in [2.75, 3.05) is 6.54 Å². The fourth-order valence-electron chi connectivity index (χ4n) is 2.03. The molecule has 1 unspecified atom stereocenters. The van der Waals surface area contributed by atoms with Gasteiger partial charge in [0.1, 0.15) is 11.5 Å². The Morgan fingerprint density at radius 2 is 1.80 bits per heavy atom. The molecule has 2 nitrogen and oxygen atoms in total. The van der Waals surface area contributed by atoms with E-state index in [4.69, 9.17) is 4.74 Å². The molecule has 0 aliphatic rings. The number of halogens is 1. The molecule has 2 rings (SSSR count). The van der Waals surface area contributed by atoms with Crippen LogP contribution in [0.1, 0.15) is 31.9 Å². The first kappa shape index (κ1) is 15.1. The van der Waals surface area contributed by atoms with Crippen LogP contribution in [0, 0.1) is 0 Å². The molecule has 0 amide bonds. The molecule has 0 saturated carbocycles. The summed E-state index contributed by atoms with van der Waals surface area (Å²) in [6.45, 7) is 5.34. The second kappa shape index (κ2) is 7.46. The maximum absolute atomic E-state index is 6.00. The second-order valence-corrected chi connectivity index (χ2v) is 5.69. The van der Waals surface area contributed by atoms with Gasteiger partial charge in [-0.05, 0) is 50.2 Å². The van der Waals surface area contributed by atoms with Crippen LogP contribution in [0.15, 0.2) is 53.0 Å². The Hall–Kier alpha value is -1.32. The SMILES string of the molecule is CCCNC(C)c1ccccc1Oc1ccc(Br)cc1. The van der Waals surface area contributed by atoms with Crippen LogP contribution in [0.4, 0.5) is 0 Å². The van der Waals surface area contributed by atoms with Gasteiger partial charge in [0.2, 0.25) is 0 Å². The highest BCUT2D eigenvalue weighted by molar-refractivity contribution is 9.10. The Kier molecular flexibility index (Phi) is 5.62. The van der Waals surface area contributed by atoms with E-state index in [9.17, 15) is 0 Å². The Morgan fingerprint density at radius 3 is 2.50 bits per heavy atom. The number of ether oxygens (including phenoxy) is 1. The Bertz CT molecular complexity index is 539. The largest absolute Gasteiger partial charge is 0.457 e. The molecular formula is C17H20BrNO. The molecule has 0 bridgehead atoms. The lowest BCUT2D eigenvalue weighted by Crippen LogP contribution is -2.19. The van der Waals surface area contributed by atoms with Gasteiger partial charge >= 0.3 is 0 Å². The lowest BCUT2D eigenvalue weighted by molar-refractivity contribution is 0.461. The highest BCUT2D eigenvalue weighted by atomic mass is 79.9. The summed E-state index contributed by atoms with van der Waals surface area (Å²) >= 11 is 3.43. The molecule has 20 heavy (non-hydrogen) atoms. The molecule has 0 radical (unpaired) electrons. The summed E-state index contributed by atoms with van der Waals surface area (Å²) in [5, 5.41) is 3.50. The van der Waals surface area contributed by atoms with Crippen molar-refractivity contribution in [2.24, 2.45) is 0 Å². The third-order valence-electron chi connectivity index (χ3n) is 3.13. The zero-order chi connectivity index (χ0) is 14.4. The highest BCUT2D eigenvalue weighted by Gasteiger charge is 2.11. The van der Waals surface area contributed by atoms with Gasteiger partial charge in [0, 0.05) is 16.1 Å². The van der Waals surface area contributed by atoms with E-state index in [0.717, 1.165) is 28.9 Å². The van der Waals surface area contributed by atoms with Gasteiger partial charge in [0.25, 0.3) is 0 Å². The topological polar surface area (TPSA) is 21.3 Å². The van der Waals surface area contributed by atoms with Crippen LogP contribution in [0.25, 0.3) is 0 Å². The third-order valence-corrected chi connectivity index (χ3v) is 3.66. The van der Waals surface area contributed by atoms with Gasteiger partial charge in [-0.25, -0.2) is 0 Å². The molecule has 1 N–H and O–H groups in total. The van der Waals surface area contributed by atoms with Crippen LogP contribution in [0.3, 0.4) is 0 Å². The van der Waals surface area contributed by atoms with Crippen LogP contribution in [-0.2, 0) is 0 Å². The lowest BCUT2D eigenvalue weighted by atomic mass is 10.1. The molecule has 106 valence electrons. The molecule has 0 saturated heterocycles. The standard InChI is InChI=1S/C17H20BrNO/c1-3-12-19-13(2)16-6-4-5-7-17(16)20-15-10-8-14(18)9-11-15/h4-11,13,19H,3,12H2,1-2H3. The lowest BCUT2D eigenvalue weighted by Gasteiger charge is -2.18. The molecular weight excluding hydrogens is 314 g/mol. The summed E-state index contributed by atoms with van der Waals surface area (Å²) in [7, 11) is 0. The summed E-state index contributed by atoms with van der Waals surface area (Å²) in [4.78, 5) is 0. The van der Waals surface area contributed by atoms with Crippen molar-refractivity contribution in [3.63, 3.8) is 0 Å². The molecule has 2 aromatic rings. The molecule has 0 aliphatic carbocycles. The Labute approximate surface area is 129 Å². The maximum atomic E-state index is 6.00. The minimum Gasteiger partial charge on any atom is -0.457 e. The minimum atomic E-state index is 0.279. The van der Waals surface area contributed by atoms with Gasteiger partial charge in [-0.1, -0.05) is 41.1 Å². The van der Waals surface area contributed by atoms with E-state index in [2.05, 4.69) is 41.2 Å². The van der Waals surface area contributed by atoms with Gasteiger partial charge in [-0.3, -0.25) is 0 Å². The van der Waals surface area contributed by atoms with Crippen molar-refractivity contribution in [1.82, 2.24) is 5.32 Å². The normalized spacial score (nSPS) is 12.2. The van der Waals surface area contributed by atoms with Crippen molar-refractivity contribution in [1.29, 1.82) is 0 Å². The number of nitrogens with one attached hydrogen (secondary N) is 1. The van der Waals surface area contributed by atoms with Crippen LogP contribution in [0.2, 0.25) is 0 Å². The van der Waals surface area contributed by atoms with Gasteiger partial charge < -0.3 is 10.1 Å². The fourth-order valence-corrected chi connectivity index (χ4v) is 2.30. The van der Waals surface area contributed by atoms with E-state index in [0.29, 0.717) is 0 Å². The number of para-hydroxylation sites is 1. The van der Waals surface area contributed by atoms with Gasteiger partial charge in [-0.2, -0.15) is 0 Å². The van der Waals surface area contributed by atoms with Crippen molar-refractivity contribution >= 4 is 15.9 Å². The molecule has 0 fully saturated rings. The summed E-state index contributed by atoms with van der Waals surface area (Å²) in [5.41, 5.74) is 1.18. The molecule has 3 heteroatoms.